The van der Waals surface area contributed by atoms with Crippen LogP contribution in [0.3, 0.4) is 0 Å². The van der Waals surface area contributed by atoms with Crippen LogP contribution < -0.4 is 0 Å². The molecule has 1 aliphatic heterocycles. The molecule has 3 heteroatoms. The third-order valence-electron chi connectivity index (χ3n) is 3.35. The molecular weight excluding hydrogens is 176 g/mol. The number of likely N-dealkylation sites (N-methyl/N-ethyl adjacent to an activating group) is 1. The molecule has 0 N–H and O–H groups in total. The minimum absolute atomic E-state index is 0.132. The molecule has 0 fully saturated rings. The highest BCUT2D eigenvalue weighted by Gasteiger charge is 2.46. The van der Waals surface area contributed by atoms with Gasteiger partial charge in [-0.3, -0.25) is 4.90 Å². The van der Waals surface area contributed by atoms with Gasteiger partial charge in [0.25, 0.3) is 0 Å². The quantitative estimate of drug-likeness (QED) is 0.677. The summed E-state index contributed by atoms with van der Waals surface area (Å²) in [6, 6.07) is 0.246. The van der Waals surface area contributed by atoms with Crippen molar-refractivity contribution >= 4 is 5.90 Å². The molecular formula is C11H22N2O. The fourth-order valence-corrected chi connectivity index (χ4v) is 1.22. The fraction of sp³-hybridized carbons (Fsp3) is 0.909. The molecule has 0 saturated heterocycles. The van der Waals surface area contributed by atoms with Gasteiger partial charge < -0.3 is 4.74 Å². The smallest absolute Gasteiger partial charge is 0.202 e. The zero-order valence-corrected chi connectivity index (χ0v) is 10.4. The van der Waals surface area contributed by atoms with E-state index in [2.05, 4.69) is 44.5 Å². The molecule has 0 aromatic rings. The first kappa shape index (κ1) is 11.5. The van der Waals surface area contributed by atoms with Gasteiger partial charge in [-0.25, -0.2) is 4.99 Å². The van der Waals surface area contributed by atoms with Crippen molar-refractivity contribution in [1.82, 2.24) is 4.90 Å². The average molecular weight is 198 g/mol. The van der Waals surface area contributed by atoms with E-state index in [0.717, 1.165) is 5.90 Å². The number of nitrogens with zero attached hydrogens (tertiary/aromatic N) is 2. The van der Waals surface area contributed by atoms with Crippen LogP contribution in [0.4, 0.5) is 0 Å². The SMILES string of the molecule is CC(C1=NC(C)(C)C(C)(C)O1)N(C)C. The van der Waals surface area contributed by atoms with Crippen LogP contribution in [0.1, 0.15) is 34.6 Å². The largest absolute Gasteiger partial charge is 0.471 e. The molecule has 0 aromatic heterocycles. The number of hydrogen-bond donors (Lipinski definition) is 0. The third-order valence-corrected chi connectivity index (χ3v) is 3.35. The number of aliphatic imine (C=N–C) groups is 1. The highest BCUT2D eigenvalue weighted by Crippen LogP contribution is 2.35. The van der Waals surface area contributed by atoms with Crippen molar-refractivity contribution in [2.45, 2.75) is 51.8 Å². The molecule has 1 aliphatic rings. The summed E-state index contributed by atoms with van der Waals surface area (Å²) in [5.41, 5.74) is -0.334. The Hall–Kier alpha value is -0.570. The van der Waals surface area contributed by atoms with Crippen LogP contribution in [0.2, 0.25) is 0 Å². The van der Waals surface area contributed by atoms with Gasteiger partial charge >= 0.3 is 0 Å². The van der Waals surface area contributed by atoms with E-state index in [4.69, 9.17) is 4.74 Å². The standard InChI is InChI=1S/C11H22N2O/c1-8(13(6)7)9-12-10(2,3)11(4,5)14-9/h8H,1-7H3. The average Bonchev–Trinajstić information content (AvgIpc) is 2.20. The summed E-state index contributed by atoms with van der Waals surface area (Å²) in [4.78, 5) is 6.75. The monoisotopic (exact) mass is 198 g/mol. The summed E-state index contributed by atoms with van der Waals surface area (Å²) < 4.78 is 5.90. The first-order chi connectivity index (χ1) is 6.17. The summed E-state index contributed by atoms with van der Waals surface area (Å²) in [5, 5.41) is 0. The molecule has 0 bridgehead atoms. The predicted molar refractivity (Wildman–Crippen MR) is 59.8 cm³/mol. The lowest BCUT2D eigenvalue weighted by Gasteiger charge is -2.31. The fourth-order valence-electron chi connectivity index (χ4n) is 1.22. The Balaban J connectivity index is 2.88. The number of hydrogen-bond acceptors (Lipinski definition) is 3. The van der Waals surface area contributed by atoms with Gasteiger partial charge in [0.05, 0.1) is 11.6 Å². The van der Waals surface area contributed by atoms with Crippen molar-refractivity contribution in [3.8, 4) is 0 Å². The van der Waals surface area contributed by atoms with Gasteiger partial charge in [-0.1, -0.05) is 0 Å². The van der Waals surface area contributed by atoms with Crippen LogP contribution in [-0.2, 0) is 4.74 Å². The van der Waals surface area contributed by atoms with Crippen LogP contribution in [0.25, 0.3) is 0 Å². The lowest BCUT2D eigenvalue weighted by atomic mass is 9.87. The van der Waals surface area contributed by atoms with Crippen molar-refractivity contribution in [2.75, 3.05) is 14.1 Å². The van der Waals surface area contributed by atoms with Crippen molar-refractivity contribution in [2.24, 2.45) is 4.99 Å². The number of rotatable bonds is 2. The van der Waals surface area contributed by atoms with E-state index in [1.54, 1.807) is 0 Å². The summed E-state index contributed by atoms with van der Waals surface area (Å²) in [5.74, 6) is 0.852. The predicted octanol–water partition coefficient (Wildman–Crippen LogP) is 1.92. The lowest BCUT2D eigenvalue weighted by Crippen LogP contribution is -2.42. The van der Waals surface area contributed by atoms with E-state index in [1.165, 1.54) is 0 Å². The zero-order valence-electron chi connectivity index (χ0n) is 10.4. The molecule has 0 aliphatic carbocycles. The van der Waals surface area contributed by atoms with Gasteiger partial charge in [-0.2, -0.15) is 0 Å². The van der Waals surface area contributed by atoms with E-state index >= 15 is 0 Å². The second kappa shape index (κ2) is 3.23. The maximum atomic E-state index is 5.90. The molecule has 82 valence electrons. The molecule has 0 spiro atoms. The molecule has 0 aromatic carbocycles. The summed E-state index contributed by atoms with van der Waals surface area (Å²) in [7, 11) is 4.07. The van der Waals surface area contributed by atoms with Crippen LogP contribution in [0.15, 0.2) is 4.99 Å². The molecule has 3 nitrogen and oxygen atoms in total. The molecule has 0 amide bonds. The van der Waals surface area contributed by atoms with Gasteiger partial charge in [-0.15, -0.1) is 0 Å². The first-order valence-electron chi connectivity index (χ1n) is 5.12. The maximum absolute atomic E-state index is 5.90. The van der Waals surface area contributed by atoms with E-state index in [-0.39, 0.29) is 17.2 Å². The van der Waals surface area contributed by atoms with Crippen molar-refractivity contribution < 1.29 is 4.74 Å². The van der Waals surface area contributed by atoms with E-state index in [9.17, 15) is 0 Å². The Bertz CT molecular complexity index is 254. The summed E-state index contributed by atoms with van der Waals surface area (Å²) in [6.07, 6.45) is 0. The van der Waals surface area contributed by atoms with Crippen LogP contribution >= 0.6 is 0 Å². The Morgan fingerprint density at radius 3 is 2.00 bits per heavy atom. The van der Waals surface area contributed by atoms with Crippen LogP contribution in [-0.4, -0.2) is 42.1 Å². The Kier molecular flexibility index (Phi) is 2.65. The zero-order chi connectivity index (χ0) is 11.1. The van der Waals surface area contributed by atoms with Crippen LogP contribution in [0, 0.1) is 0 Å². The minimum Gasteiger partial charge on any atom is -0.471 e. The third kappa shape index (κ3) is 1.78. The van der Waals surface area contributed by atoms with Gasteiger partial charge in [0.1, 0.15) is 5.60 Å². The molecule has 1 rings (SSSR count). The van der Waals surface area contributed by atoms with E-state index < -0.39 is 0 Å². The summed E-state index contributed by atoms with van der Waals surface area (Å²) in [6.45, 7) is 10.5. The lowest BCUT2D eigenvalue weighted by molar-refractivity contribution is 0.0546. The highest BCUT2D eigenvalue weighted by molar-refractivity contribution is 5.84. The van der Waals surface area contributed by atoms with E-state index in [1.807, 2.05) is 14.1 Å². The van der Waals surface area contributed by atoms with Crippen LogP contribution in [0.5, 0.6) is 0 Å². The second-order valence-electron chi connectivity index (χ2n) is 5.26. The molecule has 0 saturated carbocycles. The van der Waals surface area contributed by atoms with Gasteiger partial charge in [0.15, 0.2) is 0 Å². The highest BCUT2D eigenvalue weighted by atomic mass is 16.5. The molecule has 14 heavy (non-hydrogen) atoms. The topological polar surface area (TPSA) is 24.8 Å². The van der Waals surface area contributed by atoms with Crippen molar-refractivity contribution in [3.63, 3.8) is 0 Å². The second-order valence-corrected chi connectivity index (χ2v) is 5.26. The summed E-state index contributed by atoms with van der Waals surface area (Å²) >= 11 is 0. The minimum atomic E-state index is -0.202. The Morgan fingerprint density at radius 1 is 1.21 bits per heavy atom. The van der Waals surface area contributed by atoms with Crippen molar-refractivity contribution in [3.05, 3.63) is 0 Å². The molecule has 1 heterocycles. The van der Waals surface area contributed by atoms with Crippen molar-refractivity contribution in [1.29, 1.82) is 0 Å². The maximum Gasteiger partial charge on any atom is 0.202 e. The molecule has 1 atom stereocenters. The molecule has 0 radical (unpaired) electrons. The van der Waals surface area contributed by atoms with Gasteiger partial charge in [0, 0.05) is 0 Å². The van der Waals surface area contributed by atoms with Gasteiger partial charge in [-0.05, 0) is 48.7 Å². The Morgan fingerprint density at radius 2 is 1.71 bits per heavy atom. The normalized spacial score (nSPS) is 25.9. The molecule has 1 unspecified atom stereocenters. The van der Waals surface area contributed by atoms with E-state index in [0.29, 0.717) is 0 Å². The number of ether oxygens (including phenoxy) is 1. The van der Waals surface area contributed by atoms with Gasteiger partial charge in [0.2, 0.25) is 5.90 Å². The first-order valence-corrected chi connectivity index (χ1v) is 5.12. The Labute approximate surface area is 87.2 Å².